The summed E-state index contributed by atoms with van der Waals surface area (Å²) < 4.78 is 5.77. The highest BCUT2D eigenvalue weighted by Gasteiger charge is 2.17. The van der Waals surface area contributed by atoms with E-state index in [1.54, 1.807) is 18.9 Å². The zero-order chi connectivity index (χ0) is 20.4. The van der Waals surface area contributed by atoms with Crippen molar-refractivity contribution in [2.45, 2.75) is 32.9 Å². The van der Waals surface area contributed by atoms with Crippen molar-refractivity contribution in [3.05, 3.63) is 65.7 Å². The van der Waals surface area contributed by atoms with E-state index < -0.39 is 6.04 Å². The summed E-state index contributed by atoms with van der Waals surface area (Å²) in [6, 6.07) is 17.0. The van der Waals surface area contributed by atoms with Crippen LogP contribution in [0.25, 0.3) is 0 Å². The molecule has 1 atom stereocenters. The molecule has 1 unspecified atom stereocenters. The summed E-state index contributed by atoms with van der Waals surface area (Å²) in [6.45, 7) is 5.20. The molecule has 0 heterocycles. The third-order valence-electron chi connectivity index (χ3n) is 4.44. The second-order valence-electron chi connectivity index (χ2n) is 6.64. The van der Waals surface area contributed by atoms with Crippen LogP contribution in [0.2, 0.25) is 0 Å². The summed E-state index contributed by atoms with van der Waals surface area (Å²) in [4.78, 5) is 25.4. The standard InChI is InChI=1S/C22H29N3O3/c1-4-25(3)21(26)17(2)24-22(27)23-15-14-18-10-12-20(13-11-18)28-16-19-8-6-5-7-9-19/h5-13,17H,4,14-16H2,1-3H3,(H2,23,24,27). The van der Waals surface area contributed by atoms with Crippen LogP contribution in [-0.2, 0) is 17.8 Å². The SMILES string of the molecule is CCN(C)C(=O)C(C)NC(=O)NCCc1ccc(OCc2ccccc2)cc1. The first-order valence-electron chi connectivity index (χ1n) is 9.54. The molecule has 0 aliphatic heterocycles. The molecule has 2 aromatic rings. The first-order valence-corrected chi connectivity index (χ1v) is 9.54. The number of carbonyl (C=O) groups is 2. The Morgan fingerprint density at radius 1 is 1.04 bits per heavy atom. The number of benzene rings is 2. The lowest BCUT2D eigenvalue weighted by atomic mass is 10.1. The van der Waals surface area contributed by atoms with Gasteiger partial charge in [0.1, 0.15) is 18.4 Å². The molecule has 6 nitrogen and oxygen atoms in total. The van der Waals surface area contributed by atoms with Gasteiger partial charge in [0.15, 0.2) is 0 Å². The Kier molecular flexibility index (Phi) is 8.34. The molecule has 0 aliphatic rings. The molecule has 2 N–H and O–H groups in total. The number of hydrogen-bond acceptors (Lipinski definition) is 3. The van der Waals surface area contributed by atoms with Crippen molar-refractivity contribution in [3.8, 4) is 5.75 Å². The summed E-state index contributed by atoms with van der Waals surface area (Å²) in [5, 5.41) is 5.44. The number of urea groups is 1. The van der Waals surface area contributed by atoms with Crippen molar-refractivity contribution in [3.63, 3.8) is 0 Å². The van der Waals surface area contributed by atoms with E-state index in [0.29, 0.717) is 26.1 Å². The molecular formula is C22H29N3O3. The van der Waals surface area contributed by atoms with Crippen LogP contribution >= 0.6 is 0 Å². The zero-order valence-electron chi connectivity index (χ0n) is 16.8. The number of rotatable bonds is 9. The van der Waals surface area contributed by atoms with Gasteiger partial charge in [-0.25, -0.2) is 4.79 Å². The molecule has 0 bridgehead atoms. The second-order valence-corrected chi connectivity index (χ2v) is 6.64. The van der Waals surface area contributed by atoms with Crippen molar-refractivity contribution in [2.24, 2.45) is 0 Å². The monoisotopic (exact) mass is 383 g/mol. The molecule has 0 fully saturated rings. The number of nitrogens with one attached hydrogen (secondary N) is 2. The molecule has 0 aliphatic carbocycles. The number of carbonyl (C=O) groups excluding carboxylic acids is 2. The van der Waals surface area contributed by atoms with Crippen LogP contribution in [-0.4, -0.2) is 43.0 Å². The summed E-state index contributed by atoms with van der Waals surface area (Å²) in [5.74, 6) is 0.703. The largest absolute Gasteiger partial charge is 0.489 e. The van der Waals surface area contributed by atoms with Gasteiger partial charge in [-0.15, -0.1) is 0 Å². The van der Waals surface area contributed by atoms with E-state index in [0.717, 1.165) is 16.9 Å². The van der Waals surface area contributed by atoms with Crippen molar-refractivity contribution in [1.29, 1.82) is 0 Å². The van der Waals surface area contributed by atoms with Crippen molar-refractivity contribution in [2.75, 3.05) is 20.1 Å². The topological polar surface area (TPSA) is 70.7 Å². The highest BCUT2D eigenvalue weighted by molar-refractivity contribution is 5.86. The van der Waals surface area contributed by atoms with E-state index in [2.05, 4.69) is 10.6 Å². The third kappa shape index (κ3) is 6.95. The van der Waals surface area contributed by atoms with Gasteiger partial charge in [0, 0.05) is 20.1 Å². The Morgan fingerprint density at radius 2 is 1.71 bits per heavy atom. The van der Waals surface area contributed by atoms with Gasteiger partial charge in [-0.3, -0.25) is 4.79 Å². The lowest BCUT2D eigenvalue weighted by Gasteiger charge is -2.20. The maximum absolute atomic E-state index is 12.0. The predicted molar refractivity (Wildman–Crippen MR) is 110 cm³/mol. The van der Waals surface area contributed by atoms with Gasteiger partial charge in [0.05, 0.1) is 0 Å². The minimum absolute atomic E-state index is 0.108. The fourth-order valence-electron chi connectivity index (χ4n) is 2.61. The minimum atomic E-state index is -0.550. The summed E-state index contributed by atoms with van der Waals surface area (Å²) in [6.07, 6.45) is 0.698. The van der Waals surface area contributed by atoms with Crippen LogP contribution in [0.5, 0.6) is 5.75 Å². The average molecular weight is 383 g/mol. The maximum atomic E-state index is 12.0. The van der Waals surface area contributed by atoms with Crippen LogP contribution in [0.1, 0.15) is 25.0 Å². The first-order chi connectivity index (χ1) is 13.5. The maximum Gasteiger partial charge on any atom is 0.315 e. The molecule has 28 heavy (non-hydrogen) atoms. The van der Waals surface area contributed by atoms with E-state index >= 15 is 0 Å². The van der Waals surface area contributed by atoms with E-state index in [9.17, 15) is 9.59 Å². The summed E-state index contributed by atoms with van der Waals surface area (Å²) >= 11 is 0. The summed E-state index contributed by atoms with van der Waals surface area (Å²) in [5.41, 5.74) is 2.22. The van der Waals surface area contributed by atoms with Crippen LogP contribution in [0.15, 0.2) is 54.6 Å². The first kappa shape index (κ1) is 21.3. The smallest absolute Gasteiger partial charge is 0.315 e. The predicted octanol–water partition coefficient (Wildman–Crippen LogP) is 2.97. The van der Waals surface area contributed by atoms with Crippen molar-refractivity contribution >= 4 is 11.9 Å². The average Bonchev–Trinajstić information content (AvgIpc) is 2.72. The number of nitrogens with zero attached hydrogens (tertiary/aromatic N) is 1. The Hall–Kier alpha value is -3.02. The number of amides is 3. The molecule has 0 saturated heterocycles. The fourth-order valence-corrected chi connectivity index (χ4v) is 2.61. The Labute approximate surface area is 166 Å². The number of likely N-dealkylation sites (N-methyl/N-ethyl adjacent to an activating group) is 1. The minimum Gasteiger partial charge on any atom is -0.489 e. The van der Waals surface area contributed by atoms with Gasteiger partial charge in [0.25, 0.3) is 0 Å². The highest BCUT2D eigenvalue weighted by atomic mass is 16.5. The van der Waals surface area contributed by atoms with Gasteiger partial charge in [-0.2, -0.15) is 0 Å². The molecule has 2 aromatic carbocycles. The Bertz CT molecular complexity index is 747. The Balaban J connectivity index is 1.70. The molecule has 0 spiro atoms. The van der Waals surface area contributed by atoms with Gasteiger partial charge in [0.2, 0.25) is 5.91 Å². The normalized spacial score (nSPS) is 11.4. The van der Waals surface area contributed by atoms with E-state index in [1.165, 1.54) is 0 Å². The van der Waals surface area contributed by atoms with Gasteiger partial charge >= 0.3 is 6.03 Å². The van der Waals surface area contributed by atoms with Gasteiger partial charge in [-0.1, -0.05) is 42.5 Å². The fraction of sp³-hybridized carbons (Fsp3) is 0.364. The molecule has 6 heteroatoms. The molecule has 0 aromatic heterocycles. The molecule has 0 saturated carbocycles. The third-order valence-corrected chi connectivity index (χ3v) is 4.44. The summed E-state index contributed by atoms with van der Waals surface area (Å²) in [7, 11) is 1.71. The van der Waals surface area contributed by atoms with Gasteiger partial charge in [-0.05, 0) is 43.5 Å². The van der Waals surface area contributed by atoms with Crippen LogP contribution in [0.3, 0.4) is 0 Å². The lowest BCUT2D eigenvalue weighted by molar-refractivity contribution is -0.131. The molecule has 0 radical (unpaired) electrons. The quantitative estimate of drug-likeness (QED) is 0.699. The molecule has 3 amide bonds. The highest BCUT2D eigenvalue weighted by Crippen LogP contribution is 2.14. The zero-order valence-corrected chi connectivity index (χ0v) is 16.8. The van der Waals surface area contributed by atoms with E-state index in [-0.39, 0.29) is 11.9 Å². The van der Waals surface area contributed by atoms with Crippen LogP contribution in [0.4, 0.5) is 4.79 Å². The molecule has 150 valence electrons. The van der Waals surface area contributed by atoms with E-state index in [4.69, 9.17) is 4.74 Å². The van der Waals surface area contributed by atoms with Crippen molar-refractivity contribution in [1.82, 2.24) is 15.5 Å². The van der Waals surface area contributed by atoms with Crippen LogP contribution in [0, 0.1) is 0 Å². The van der Waals surface area contributed by atoms with Gasteiger partial charge < -0.3 is 20.3 Å². The lowest BCUT2D eigenvalue weighted by Crippen LogP contribution is -2.49. The van der Waals surface area contributed by atoms with Crippen molar-refractivity contribution < 1.29 is 14.3 Å². The second kappa shape index (κ2) is 11.0. The van der Waals surface area contributed by atoms with E-state index in [1.807, 2.05) is 61.5 Å². The van der Waals surface area contributed by atoms with Crippen LogP contribution < -0.4 is 15.4 Å². The number of ether oxygens (including phenoxy) is 1. The molecular weight excluding hydrogens is 354 g/mol. The number of hydrogen-bond donors (Lipinski definition) is 2. The Morgan fingerprint density at radius 3 is 2.36 bits per heavy atom. The molecule has 2 rings (SSSR count).